The van der Waals surface area contributed by atoms with Crippen molar-refractivity contribution in [2.24, 2.45) is 5.41 Å². The van der Waals surface area contributed by atoms with Gasteiger partial charge in [0.05, 0.1) is 11.6 Å². The van der Waals surface area contributed by atoms with Crippen molar-refractivity contribution in [3.8, 4) is 0 Å². The van der Waals surface area contributed by atoms with E-state index in [0.29, 0.717) is 6.42 Å². The predicted octanol–water partition coefficient (Wildman–Crippen LogP) is 4.31. The quantitative estimate of drug-likeness (QED) is 0.896. The first-order chi connectivity index (χ1) is 10.8. The summed E-state index contributed by atoms with van der Waals surface area (Å²) in [5.74, 6) is -1.13. The summed E-state index contributed by atoms with van der Waals surface area (Å²) in [6.45, 7) is 6.04. The summed E-state index contributed by atoms with van der Waals surface area (Å²) in [6, 6.07) is 5.22. The molecule has 1 aliphatic carbocycles. The van der Waals surface area contributed by atoms with E-state index >= 15 is 0 Å². The van der Waals surface area contributed by atoms with E-state index < -0.39 is 17.5 Å². The molecule has 0 fully saturated rings. The van der Waals surface area contributed by atoms with Gasteiger partial charge in [-0.1, -0.05) is 19.9 Å². The Kier molecular flexibility index (Phi) is 3.74. The molecule has 1 atom stereocenters. The molecule has 0 saturated carbocycles. The molecule has 1 aromatic heterocycles. The molecule has 0 bridgehead atoms. The average molecular weight is 319 g/mol. The number of hydrogen-bond acceptors (Lipinski definition) is 2. The summed E-state index contributed by atoms with van der Waals surface area (Å²) in [7, 11) is 0. The Balaban J connectivity index is 1.90. The molecule has 1 N–H and O–H groups in total. The highest BCUT2D eigenvalue weighted by molar-refractivity contribution is 5.94. The number of hydrogen-bond donors (Lipinski definition) is 1. The van der Waals surface area contributed by atoms with Crippen LogP contribution in [-0.2, 0) is 6.42 Å². The van der Waals surface area contributed by atoms with Gasteiger partial charge in [-0.3, -0.25) is 4.79 Å². The van der Waals surface area contributed by atoms with E-state index in [2.05, 4.69) is 19.2 Å². The number of carbonyl (C=O) groups excluding carboxylic acids is 1. The Morgan fingerprint density at radius 3 is 2.83 bits per heavy atom. The molecule has 1 aromatic carbocycles. The Morgan fingerprint density at radius 1 is 1.35 bits per heavy atom. The molecule has 23 heavy (non-hydrogen) atoms. The van der Waals surface area contributed by atoms with Gasteiger partial charge in [-0.05, 0) is 37.0 Å². The average Bonchev–Trinajstić information content (AvgIpc) is 2.80. The topological polar surface area (TPSA) is 42.2 Å². The number of halogens is 2. The van der Waals surface area contributed by atoms with E-state index in [4.69, 9.17) is 4.42 Å². The monoisotopic (exact) mass is 319 g/mol. The van der Waals surface area contributed by atoms with E-state index in [1.807, 2.05) is 13.0 Å². The molecule has 1 unspecified atom stereocenters. The molecule has 5 heteroatoms. The molecule has 122 valence electrons. The maximum Gasteiger partial charge on any atom is 0.254 e. The summed E-state index contributed by atoms with van der Waals surface area (Å²) < 4.78 is 32.8. The molecule has 1 aliphatic rings. The van der Waals surface area contributed by atoms with E-state index in [1.54, 1.807) is 0 Å². The second-order valence-corrected chi connectivity index (χ2v) is 6.91. The summed E-state index contributed by atoms with van der Waals surface area (Å²) >= 11 is 0. The summed E-state index contributed by atoms with van der Waals surface area (Å²) in [5, 5.41) is 2.82. The van der Waals surface area contributed by atoms with E-state index in [0.717, 1.165) is 29.6 Å². The van der Waals surface area contributed by atoms with Crippen LogP contribution in [0.15, 0.2) is 28.7 Å². The highest BCUT2D eigenvalue weighted by Gasteiger charge is 2.36. The Bertz CT molecular complexity index is 764. The first-order valence-electron chi connectivity index (χ1n) is 7.61. The molecule has 0 spiro atoms. The number of benzene rings is 1. The lowest BCUT2D eigenvalue weighted by atomic mass is 9.74. The third kappa shape index (κ3) is 3.00. The van der Waals surface area contributed by atoms with Crippen molar-refractivity contribution in [1.82, 2.24) is 5.32 Å². The van der Waals surface area contributed by atoms with Crippen LogP contribution in [0.5, 0.6) is 0 Å². The lowest BCUT2D eigenvalue weighted by Gasteiger charge is -2.34. The molecule has 1 heterocycles. The molecular weight excluding hydrogens is 300 g/mol. The van der Waals surface area contributed by atoms with Crippen LogP contribution in [0.3, 0.4) is 0 Å². The summed E-state index contributed by atoms with van der Waals surface area (Å²) in [4.78, 5) is 12.4. The van der Waals surface area contributed by atoms with Gasteiger partial charge in [0.15, 0.2) is 11.6 Å². The zero-order valence-electron chi connectivity index (χ0n) is 13.4. The third-order valence-corrected chi connectivity index (χ3v) is 4.24. The van der Waals surface area contributed by atoms with Gasteiger partial charge in [0, 0.05) is 12.0 Å². The van der Waals surface area contributed by atoms with Crippen LogP contribution < -0.4 is 5.32 Å². The molecule has 2 aromatic rings. The molecule has 3 rings (SSSR count). The third-order valence-electron chi connectivity index (χ3n) is 4.24. The van der Waals surface area contributed by atoms with Gasteiger partial charge in [0.2, 0.25) is 0 Å². The fourth-order valence-electron chi connectivity index (χ4n) is 3.23. The minimum Gasteiger partial charge on any atom is -0.466 e. The first-order valence-corrected chi connectivity index (χ1v) is 7.61. The van der Waals surface area contributed by atoms with Gasteiger partial charge in [0.1, 0.15) is 11.5 Å². The lowest BCUT2D eigenvalue weighted by molar-refractivity contribution is 0.0912. The molecule has 3 nitrogen and oxygen atoms in total. The number of aryl methyl sites for hydroxylation is 1. The van der Waals surface area contributed by atoms with Crippen LogP contribution in [-0.4, -0.2) is 5.91 Å². The van der Waals surface area contributed by atoms with Crippen molar-refractivity contribution >= 4 is 5.91 Å². The van der Waals surface area contributed by atoms with E-state index in [-0.39, 0.29) is 17.0 Å². The van der Waals surface area contributed by atoms with Crippen molar-refractivity contribution in [3.63, 3.8) is 0 Å². The van der Waals surface area contributed by atoms with Gasteiger partial charge < -0.3 is 9.73 Å². The molecule has 0 radical (unpaired) electrons. The Labute approximate surface area is 133 Å². The van der Waals surface area contributed by atoms with Crippen molar-refractivity contribution in [2.75, 3.05) is 0 Å². The second-order valence-electron chi connectivity index (χ2n) is 6.91. The fourth-order valence-corrected chi connectivity index (χ4v) is 3.23. The van der Waals surface area contributed by atoms with Crippen LogP contribution in [0.2, 0.25) is 0 Å². The van der Waals surface area contributed by atoms with Crippen LogP contribution in [0.25, 0.3) is 0 Å². The maximum absolute atomic E-state index is 13.8. The van der Waals surface area contributed by atoms with Gasteiger partial charge >= 0.3 is 0 Å². The molecule has 1 amide bonds. The van der Waals surface area contributed by atoms with Crippen LogP contribution in [0.1, 0.15) is 53.8 Å². The number of carbonyl (C=O) groups is 1. The highest BCUT2D eigenvalue weighted by atomic mass is 19.2. The minimum absolute atomic E-state index is 0.0459. The van der Waals surface area contributed by atoms with Gasteiger partial charge in [-0.15, -0.1) is 0 Å². The Morgan fingerprint density at radius 2 is 2.09 bits per heavy atom. The maximum atomic E-state index is 13.8. The highest BCUT2D eigenvalue weighted by Crippen LogP contribution is 2.42. The fraction of sp³-hybridized carbons (Fsp3) is 0.389. The van der Waals surface area contributed by atoms with Crippen molar-refractivity contribution < 1.29 is 18.0 Å². The first kappa shape index (κ1) is 15.7. The summed E-state index contributed by atoms with van der Waals surface area (Å²) in [6.07, 6.45) is 1.50. The number of rotatable bonds is 2. The van der Waals surface area contributed by atoms with Crippen molar-refractivity contribution in [2.45, 2.75) is 39.7 Å². The smallest absolute Gasteiger partial charge is 0.254 e. The largest absolute Gasteiger partial charge is 0.466 e. The van der Waals surface area contributed by atoms with E-state index in [1.165, 1.54) is 12.1 Å². The molecule has 0 aliphatic heterocycles. The lowest BCUT2D eigenvalue weighted by Crippen LogP contribution is -2.36. The van der Waals surface area contributed by atoms with Crippen molar-refractivity contribution in [3.05, 3.63) is 58.5 Å². The number of amides is 1. The van der Waals surface area contributed by atoms with Crippen LogP contribution in [0, 0.1) is 24.0 Å². The minimum atomic E-state index is -1.12. The van der Waals surface area contributed by atoms with Gasteiger partial charge in [-0.25, -0.2) is 8.78 Å². The SMILES string of the molecule is Cc1cc2c(o1)CC(C)(C)CC2NC(=O)c1cccc(F)c1F. The van der Waals surface area contributed by atoms with Crippen LogP contribution in [0.4, 0.5) is 8.78 Å². The second kappa shape index (κ2) is 5.48. The normalized spacial score (nSPS) is 19.3. The molecule has 0 saturated heterocycles. The van der Waals surface area contributed by atoms with Gasteiger partial charge in [0.25, 0.3) is 5.91 Å². The number of furan rings is 1. The van der Waals surface area contributed by atoms with Crippen molar-refractivity contribution in [1.29, 1.82) is 0 Å². The predicted molar refractivity (Wildman–Crippen MR) is 82.1 cm³/mol. The number of nitrogens with one attached hydrogen (secondary N) is 1. The Hall–Kier alpha value is -2.17. The standard InChI is InChI=1S/C18H19F2NO2/c1-10-7-12-14(8-18(2,3)9-15(12)23-10)21-17(22)11-5-4-6-13(19)16(11)20/h4-7,14H,8-9H2,1-3H3,(H,21,22). The zero-order valence-corrected chi connectivity index (χ0v) is 13.4. The van der Waals surface area contributed by atoms with E-state index in [9.17, 15) is 13.6 Å². The number of fused-ring (bicyclic) bond motifs is 1. The summed E-state index contributed by atoms with van der Waals surface area (Å²) in [5.41, 5.74) is 0.595. The zero-order chi connectivity index (χ0) is 16.8. The van der Waals surface area contributed by atoms with Gasteiger partial charge in [-0.2, -0.15) is 0 Å². The van der Waals surface area contributed by atoms with Crippen LogP contribution >= 0.6 is 0 Å². The molecular formula is C18H19F2NO2.